The molecule has 0 aromatic rings. The molecular formula is C26H51BrO2. The van der Waals surface area contributed by atoms with E-state index in [0.717, 1.165) is 6.42 Å². The van der Waals surface area contributed by atoms with Gasteiger partial charge < -0.3 is 4.74 Å². The van der Waals surface area contributed by atoms with E-state index in [-0.39, 0.29) is 5.97 Å². The van der Waals surface area contributed by atoms with E-state index >= 15 is 0 Å². The van der Waals surface area contributed by atoms with Crippen LogP contribution in [-0.4, -0.2) is 17.9 Å². The van der Waals surface area contributed by atoms with E-state index in [1.807, 2.05) is 6.92 Å². The first-order valence-electron chi connectivity index (χ1n) is 13.0. The molecule has 0 aliphatic carbocycles. The molecule has 0 aliphatic rings. The Kier molecular flexibility index (Phi) is 25.9. The summed E-state index contributed by atoms with van der Waals surface area (Å²) in [6.45, 7) is 2.38. The van der Waals surface area contributed by atoms with Crippen molar-refractivity contribution in [3.63, 3.8) is 0 Å². The molecule has 0 bridgehead atoms. The van der Waals surface area contributed by atoms with Crippen LogP contribution in [0.1, 0.15) is 148 Å². The molecule has 174 valence electrons. The summed E-state index contributed by atoms with van der Waals surface area (Å²) in [5.74, 6) is -0.0284. The van der Waals surface area contributed by atoms with Gasteiger partial charge in [-0.2, -0.15) is 0 Å². The van der Waals surface area contributed by atoms with E-state index in [9.17, 15) is 4.79 Å². The first-order chi connectivity index (χ1) is 14.3. The summed E-state index contributed by atoms with van der Waals surface area (Å²) in [7, 11) is 0. The van der Waals surface area contributed by atoms with Crippen molar-refractivity contribution in [2.75, 3.05) is 11.9 Å². The van der Waals surface area contributed by atoms with E-state index in [1.165, 1.54) is 134 Å². The van der Waals surface area contributed by atoms with Crippen molar-refractivity contribution in [3.05, 3.63) is 0 Å². The first kappa shape index (κ1) is 28.9. The molecule has 0 saturated carbocycles. The standard InChI is InChI=1S/C26H51BrO2/c1-2-29-26(28)24-22-20-18-16-14-12-10-8-6-4-3-5-7-9-11-13-15-17-19-21-23-25-27/h2-25H2,1H3. The molecule has 0 N–H and O–H groups in total. The maximum absolute atomic E-state index is 11.2. The van der Waals surface area contributed by atoms with Gasteiger partial charge in [-0.05, 0) is 19.8 Å². The summed E-state index contributed by atoms with van der Waals surface area (Å²) in [5.41, 5.74) is 0. The lowest BCUT2D eigenvalue weighted by molar-refractivity contribution is -0.143. The Morgan fingerprint density at radius 1 is 0.517 bits per heavy atom. The molecule has 0 saturated heterocycles. The third-order valence-corrected chi connectivity index (χ3v) is 6.38. The Hall–Kier alpha value is -0.0500. The molecule has 0 amide bonds. The highest BCUT2D eigenvalue weighted by Gasteiger charge is 2.00. The number of rotatable bonds is 24. The molecule has 0 heterocycles. The monoisotopic (exact) mass is 474 g/mol. The SMILES string of the molecule is CCOC(=O)CCCCCCCCCCCCCCCCCCCCCCCBr. The van der Waals surface area contributed by atoms with Crippen molar-refractivity contribution < 1.29 is 9.53 Å². The lowest BCUT2D eigenvalue weighted by Gasteiger charge is -2.04. The normalized spacial score (nSPS) is 11.1. The summed E-state index contributed by atoms with van der Waals surface area (Å²) in [4.78, 5) is 11.2. The molecule has 0 atom stereocenters. The molecule has 0 rings (SSSR count). The fraction of sp³-hybridized carbons (Fsp3) is 0.962. The maximum Gasteiger partial charge on any atom is 0.305 e. The fourth-order valence-electron chi connectivity index (χ4n) is 3.96. The second-order valence-electron chi connectivity index (χ2n) is 8.67. The summed E-state index contributed by atoms with van der Waals surface area (Å²) in [6, 6.07) is 0. The van der Waals surface area contributed by atoms with E-state index in [4.69, 9.17) is 4.74 Å². The van der Waals surface area contributed by atoms with Gasteiger partial charge in [0.05, 0.1) is 6.61 Å². The smallest absolute Gasteiger partial charge is 0.305 e. The molecule has 0 unspecified atom stereocenters. The summed E-state index contributed by atoms with van der Waals surface area (Å²) in [5, 5.41) is 1.17. The zero-order valence-electron chi connectivity index (χ0n) is 19.7. The van der Waals surface area contributed by atoms with E-state index < -0.39 is 0 Å². The summed E-state index contributed by atoms with van der Waals surface area (Å²) >= 11 is 3.50. The predicted molar refractivity (Wildman–Crippen MR) is 132 cm³/mol. The number of carbonyl (C=O) groups is 1. The van der Waals surface area contributed by atoms with Gasteiger partial charge in [0.1, 0.15) is 0 Å². The van der Waals surface area contributed by atoms with Gasteiger partial charge in [0.2, 0.25) is 0 Å². The van der Waals surface area contributed by atoms with Crippen molar-refractivity contribution >= 4 is 21.9 Å². The van der Waals surface area contributed by atoms with Gasteiger partial charge >= 0.3 is 5.97 Å². The van der Waals surface area contributed by atoms with Crippen molar-refractivity contribution in [2.24, 2.45) is 0 Å². The zero-order chi connectivity index (χ0) is 21.3. The van der Waals surface area contributed by atoms with Gasteiger partial charge in [0, 0.05) is 11.8 Å². The van der Waals surface area contributed by atoms with Crippen molar-refractivity contribution in [1.82, 2.24) is 0 Å². The minimum absolute atomic E-state index is 0.0284. The van der Waals surface area contributed by atoms with Crippen molar-refractivity contribution in [2.45, 2.75) is 148 Å². The molecule has 2 nitrogen and oxygen atoms in total. The summed E-state index contributed by atoms with van der Waals surface area (Å²) in [6.07, 6.45) is 29.7. The average Bonchev–Trinajstić information content (AvgIpc) is 2.72. The van der Waals surface area contributed by atoms with Crippen LogP contribution in [0.25, 0.3) is 0 Å². The lowest BCUT2D eigenvalue weighted by atomic mass is 10.0. The molecular weight excluding hydrogens is 424 g/mol. The van der Waals surface area contributed by atoms with Gasteiger partial charge in [0.15, 0.2) is 0 Å². The number of unbranched alkanes of at least 4 members (excludes halogenated alkanes) is 20. The number of hydrogen-bond donors (Lipinski definition) is 0. The van der Waals surface area contributed by atoms with Crippen LogP contribution in [0, 0.1) is 0 Å². The van der Waals surface area contributed by atoms with Crippen LogP contribution in [0.3, 0.4) is 0 Å². The van der Waals surface area contributed by atoms with Crippen LogP contribution in [0.2, 0.25) is 0 Å². The number of ether oxygens (including phenoxy) is 1. The van der Waals surface area contributed by atoms with Crippen LogP contribution < -0.4 is 0 Å². The van der Waals surface area contributed by atoms with Crippen molar-refractivity contribution in [1.29, 1.82) is 0 Å². The first-order valence-corrected chi connectivity index (χ1v) is 14.1. The number of carbonyl (C=O) groups excluding carboxylic acids is 1. The quantitative estimate of drug-likeness (QED) is 0.0789. The molecule has 0 fully saturated rings. The molecule has 0 aliphatic heterocycles. The van der Waals surface area contributed by atoms with Crippen LogP contribution in [0.15, 0.2) is 0 Å². The Labute approximate surface area is 191 Å². The highest BCUT2D eigenvalue weighted by molar-refractivity contribution is 9.09. The predicted octanol–water partition coefficient (Wildman–Crippen LogP) is 9.53. The Morgan fingerprint density at radius 3 is 1.07 bits per heavy atom. The Balaban J connectivity index is 3.02. The summed E-state index contributed by atoms with van der Waals surface area (Å²) < 4.78 is 4.95. The fourth-order valence-corrected chi connectivity index (χ4v) is 4.35. The molecule has 3 heteroatoms. The van der Waals surface area contributed by atoms with E-state index in [1.54, 1.807) is 0 Å². The van der Waals surface area contributed by atoms with Crippen LogP contribution in [0.5, 0.6) is 0 Å². The van der Waals surface area contributed by atoms with Crippen LogP contribution in [0.4, 0.5) is 0 Å². The Morgan fingerprint density at radius 2 is 0.793 bits per heavy atom. The minimum Gasteiger partial charge on any atom is -0.466 e. The largest absolute Gasteiger partial charge is 0.466 e. The maximum atomic E-state index is 11.2. The molecule has 0 spiro atoms. The second-order valence-corrected chi connectivity index (χ2v) is 9.46. The Bertz CT molecular complexity index is 320. The van der Waals surface area contributed by atoms with Gasteiger partial charge in [-0.25, -0.2) is 0 Å². The molecule has 0 aromatic carbocycles. The van der Waals surface area contributed by atoms with Gasteiger partial charge in [0.25, 0.3) is 0 Å². The number of halogens is 1. The van der Waals surface area contributed by atoms with Crippen LogP contribution >= 0.6 is 15.9 Å². The average molecular weight is 476 g/mol. The molecule has 0 aromatic heterocycles. The van der Waals surface area contributed by atoms with E-state index in [2.05, 4.69) is 15.9 Å². The highest BCUT2D eigenvalue weighted by atomic mass is 79.9. The number of esters is 1. The third kappa shape index (κ3) is 25.9. The lowest BCUT2D eigenvalue weighted by Crippen LogP contribution is -2.03. The van der Waals surface area contributed by atoms with Gasteiger partial charge in [-0.1, -0.05) is 138 Å². The third-order valence-electron chi connectivity index (χ3n) is 5.82. The number of hydrogen-bond acceptors (Lipinski definition) is 2. The topological polar surface area (TPSA) is 26.3 Å². The molecule has 29 heavy (non-hydrogen) atoms. The van der Waals surface area contributed by atoms with E-state index in [0.29, 0.717) is 13.0 Å². The number of alkyl halides is 1. The van der Waals surface area contributed by atoms with Crippen LogP contribution in [-0.2, 0) is 9.53 Å². The van der Waals surface area contributed by atoms with Crippen molar-refractivity contribution in [3.8, 4) is 0 Å². The zero-order valence-corrected chi connectivity index (χ0v) is 21.3. The molecule has 0 radical (unpaired) electrons. The van der Waals surface area contributed by atoms with Gasteiger partial charge in [-0.15, -0.1) is 0 Å². The highest BCUT2D eigenvalue weighted by Crippen LogP contribution is 2.15. The van der Waals surface area contributed by atoms with Gasteiger partial charge in [-0.3, -0.25) is 4.79 Å². The second kappa shape index (κ2) is 26.0. The minimum atomic E-state index is -0.0284.